The van der Waals surface area contributed by atoms with Crippen LogP contribution < -0.4 is 11.3 Å². The minimum Gasteiger partial charge on any atom is -0.271 e. The molecule has 0 amide bonds. The number of halogens is 1. The van der Waals surface area contributed by atoms with Gasteiger partial charge in [0.05, 0.1) is 0 Å². The van der Waals surface area contributed by atoms with E-state index in [0.29, 0.717) is 6.04 Å². The first-order chi connectivity index (χ1) is 6.76. The molecule has 1 rings (SSSR count). The summed E-state index contributed by atoms with van der Waals surface area (Å²) in [4.78, 5) is 0. The molecule has 0 aliphatic rings. The second-order valence-corrected chi connectivity index (χ2v) is 5.31. The average Bonchev–Trinajstić information content (AvgIpc) is 2.20. The van der Waals surface area contributed by atoms with Gasteiger partial charge in [0.25, 0.3) is 0 Å². The first kappa shape index (κ1) is 12.3. The van der Waals surface area contributed by atoms with Crippen molar-refractivity contribution in [3.05, 3.63) is 33.4 Å². The highest BCUT2D eigenvalue weighted by Gasteiger charge is 2.06. The highest BCUT2D eigenvalue weighted by atomic mass is 127. The molecule has 0 saturated heterocycles. The molecule has 3 N–H and O–H groups in total. The molecule has 1 aromatic rings. The van der Waals surface area contributed by atoms with Gasteiger partial charge in [-0.25, -0.2) is 0 Å². The summed E-state index contributed by atoms with van der Waals surface area (Å²) in [6.45, 7) is 0. The van der Waals surface area contributed by atoms with Crippen molar-refractivity contribution in [3.63, 3.8) is 0 Å². The normalized spacial score (nSPS) is 12.8. The number of nitrogens with one attached hydrogen (secondary N) is 1. The first-order valence-electron chi connectivity index (χ1n) is 4.45. The van der Waals surface area contributed by atoms with Gasteiger partial charge in [0.2, 0.25) is 0 Å². The van der Waals surface area contributed by atoms with E-state index in [-0.39, 0.29) is 0 Å². The lowest BCUT2D eigenvalue weighted by Crippen LogP contribution is -2.38. The Kier molecular flexibility index (Phi) is 5.84. The number of hydrogen-bond donors (Lipinski definition) is 2. The molecule has 0 bridgehead atoms. The van der Waals surface area contributed by atoms with Crippen molar-refractivity contribution >= 4 is 34.4 Å². The average molecular weight is 322 g/mol. The van der Waals surface area contributed by atoms with Crippen LogP contribution in [0.3, 0.4) is 0 Å². The highest BCUT2D eigenvalue weighted by Crippen LogP contribution is 2.10. The fourth-order valence-electron chi connectivity index (χ4n) is 1.27. The molecule has 4 heteroatoms. The van der Waals surface area contributed by atoms with Gasteiger partial charge in [0.15, 0.2) is 0 Å². The second kappa shape index (κ2) is 6.66. The third kappa shape index (κ3) is 4.16. The predicted octanol–water partition coefficient (Wildman–Crippen LogP) is 2.03. The Hall–Kier alpha value is 0.220. The number of hydrogen-bond acceptors (Lipinski definition) is 3. The molecule has 0 heterocycles. The van der Waals surface area contributed by atoms with E-state index in [1.807, 2.05) is 11.8 Å². The zero-order valence-electron chi connectivity index (χ0n) is 8.16. The van der Waals surface area contributed by atoms with Crippen LogP contribution in [0.25, 0.3) is 0 Å². The van der Waals surface area contributed by atoms with Crippen LogP contribution in [0.4, 0.5) is 0 Å². The topological polar surface area (TPSA) is 38.0 Å². The zero-order valence-corrected chi connectivity index (χ0v) is 11.1. The number of thioether (sulfide) groups is 1. The molecule has 2 nitrogen and oxygen atoms in total. The van der Waals surface area contributed by atoms with Gasteiger partial charge in [-0.05, 0) is 53.0 Å². The summed E-state index contributed by atoms with van der Waals surface area (Å²) in [6.07, 6.45) is 3.09. The lowest BCUT2D eigenvalue weighted by atomic mass is 10.1. The van der Waals surface area contributed by atoms with Crippen molar-refractivity contribution in [2.45, 2.75) is 12.5 Å². The Balaban J connectivity index is 2.53. The molecule has 1 unspecified atom stereocenters. The summed E-state index contributed by atoms with van der Waals surface area (Å²) in [5, 5.41) is 0. The maximum Gasteiger partial charge on any atom is 0.0341 e. The van der Waals surface area contributed by atoms with Gasteiger partial charge >= 0.3 is 0 Å². The summed E-state index contributed by atoms with van der Waals surface area (Å²) in [5.74, 6) is 6.52. The Bertz CT molecular complexity index is 263. The molecule has 1 atom stereocenters. The molecule has 0 fully saturated rings. The van der Waals surface area contributed by atoms with Crippen LogP contribution in [0.2, 0.25) is 0 Å². The van der Waals surface area contributed by atoms with Crippen molar-refractivity contribution in [1.29, 1.82) is 0 Å². The molecule has 0 radical (unpaired) electrons. The summed E-state index contributed by atoms with van der Waals surface area (Å²) in [6, 6.07) is 8.94. The summed E-state index contributed by atoms with van der Waals surface area (Å²) in [7, 11) is 0. The van der Waals surface area contributed by atoms with Gasteiger partial charge in [-0.15, -0.1) is 0 Å². The van der Waals surface area contributed by atoms with Gasteiger partial charge in [0, 0.05) is 15.4 Å². The number of nitrogens with two attached hydrogens (primary N) is 1. The van der Waals surface area contributed by atoms with E-state index < -0.39 is 0 Å². The fraction of sp³-hybridized carbons (Fsp3) is 0.400. The Labute approximate surface area is 103 Å². The van der Waals surface area contributed by atoms with Crippen LogP contribution in [0.5, 0.6) is 0 Å². The zero-order chi connectivity index (χ0) is 10.4. The molecule has 78 valence electrons. The van der Waals surface area contributed by atoms with E-state index in [0.717, 1.165) is 12.2 Å². The van der Waals surface area contributed by atoms with Crippen LogP contribution in [0, 0.1) is 3.57 Å². The van der Waals surface area contributed by atoms with Gasteiger partial charge in [0.1, 0.15) is 0 Å². The van der Waals surface area contributed by atoms with Crippen LogP contribution >= 0.6 is 34.4 Å². The second-order valence-electron chi connectivity index (χ2n) is 3.15. The van der Waals surface area contributed by atoms with Crippen molar-refractivity contribution < 1.29 is 0 Å². The van der Waals surface area contributed by atoms with Crippen LogP contribution in [-0.4, -0.2) is 18.1 Å². The van der Waals surface area contributed by atoms with Gasteiger partial charge in [-0.1, -0.05) is 12.1 Å². The van der Waals surface area contributed by atoms with Crippen molar-refractivity contribution in [2.75, 3.05) is 12.0 Å². The number of benzene rings is 1. The first-order valence-corrected chi connectivity index (χ1v) is 6.93. The van der Waals surface area contributed by atoms with E-state index in [1.54, 1.807) is 0 Å². The van der Waals surface area contributed by atoms with E-state index in [1.165, 1.54) is 9.13 Å². The van der Waals surface area contributed by atoms with Crippen molar-refractivity contribution in [1.82, 2.24) is 5.43 Å². The van der Waals surface area contributed by atoms with E-state index in [2.05, 4.69) is 58.5 Å². The maximum absolute atomic E-state index is 5.47. The van der Waals surface area contributed by atoms with Gasteiger partial charge in [-0.2, -0.15) is 11.8 Å². The summed E-state index contributed by atoms with van der Waals surface area (Å²) >= 11 is 4.12. The molecular weight excluding hydrogens is 307 g/mol. The molecule has 0 saturated carbocycles. The third-order valence-corrected chi connectivity index (χ3v) is 3.45. The predicted molar refractivity (Wildman–Crippen MR) is 72.4 cm³/mol. The molecule has 0 aromatic heterocycles. The fourth-order valence-corrected chi connectivity index (χ4v) is 2.25. The van der Waals surface area contributed by atoms with Crippen LogP contribution in [0.1, 0.15) is 5.56 Å². The third-order valence-electron chi connectivity index (χ3n) is 2.00. The van der Waals surface area contributed by atoms with Gasteiger partial charge in [-0.3, -0.25) is 11.3 Å². The minimum atomic E-state index is 0.366. The van der Waals surface area contributed by atoms with E-state index >= 15 is 0 Å². The molecule has 1 aromatic carbocycles. The highest BCUT2D eigenvalue weighted by molar-refractivity contribution is 14.1. The van der Waals surface area contributed by atoms with Crippen molar-refractivity contribution in [2.24, 2.45) is 5.84 Å². The molecule has 0 aliphatic heterocycles. The maximum atomic E-state index is 5.47. The standard InChI is InChI=1S/C10H15IN2S/c1-14-7-10(13-12)6-8-2-4-9(11)5-3-8/h2-5,10,13H,6-7,12H2,1H3. The van der Waals surface area contributed by atoms with Crippen LogP contribution in [0.15, 0.2) is 24.3 Å². The SMILES string of the molecule is CSCC(Cc1ccc(I)cc1)NN. The Morgan fingerprint density at radius 2 is 2.07 bits per heavy atom. The molecular formula is C10H15IN2S. The smallest absolute Gasteiger partial charge is 0.0341 e. The van der Waals surface area contributed by atoms with E-state index in [9.17, 15) is 0 Å². The molecule has 14 heavy (non-hydrogen) atoms. The van der Waals surface area contributed by atoms with Crippen molar-refractivity contribution in [3.8, 4) is 0 Å². The molecule has 0 spiro atoms. The monoisotopic (exact) mass is 322 g/mol. The van der Waals surface area contributed by atoms with E-state index in [4.69, 9.17) is 5.84 Å². The van der Waals surface area contributed by atoms with Gasteiger partial charge < -0.3 is 0 Å². The minimum absolute atomic E-state index is 0.366. The Morgan fingerprint density at radius 3 is 2.57 bits per heavy atom. The Morgan fingerprint density at radius 1 is 1.43 bits per heavy atom. The summed E-state index contributed by atoms with van der Waals surface area (Å²) < 4.78 is 1.27. The largest absolute Gasteiger partial charge is 0.271 e. The number of rotatable bonds is 5. The lowest BCUT2D eigenvalue weighted by Gasteiger charge is -2.14. The quantitative estimate of drug-likeness (QED) is 0.495. The molecule has 0 aliphatic carbocycles. The van der Waals surface area contributed by atoms with Crippen LogP contribution in [-0.2, 0) is 6.42 Å². The lowest BCUT2D eigenvalue weighted by molar-refractivity contribution is 0.576. The summed E-state index contributed by atoms with van der Waals surface area (Å²) in [5.41, 5.74) is 4.18. The number of hydrazine groups is 1.